The van der Waals surface area contributed by atoms with E-state index < -0.39 is 6.04 Å². The van der Waals surface area contributed by atoms with Crippen LogP contribution >= 0.6 is 0 Å². The molecule has 3 aliphatic heterocycles. The van der Waals surface area contributed by atoms with Crippen molar-refractivity contribution in [2.24, 2.45) is 11.8 Å². The number of amides is 4. The third kappa shape index (κ3) is 3.63. The molecule has 3 aliphatic rings. The average Bonchev–Trinajstić information content (AvgIpc) is 3.37. The smallest absolute Gasteiger partial charge is 0.315 e. The summed E-state index contributed by atoms with van der Waals surface area (Å²) < 4.78 is 0. The Morgan fingerprint density at radius 1 is 1.04 bits per heavy atom. The molecule has 3 fully saturated rings. The molecule has 8 nitrogen and oxygen atoms in total. The highest BCUT2D eigenvalue weighted by atomic mass is 16.3. The molecule has 3 N–H and O–H groups in total. The zero-order chi connectivity index (χ0) is 19.7. The Morgan fingerprint density at radius 2 is 1.79 bits per heavy atom. The van der Waals surface area contributed by atoms with E-state index >= 15 is 0 Å². The van der Waals surface area contributed by atoms with Crippen molar-refractivity contribution in [1.82, 2.24) is 20.4 Å². The number of rotatable bonds is 3. The van der Waals surface area contributed by atoms with Crippen LogP contribution in [0.2, 0.25) is 0 Å². The number of carbonyl (C=O) groups excluding carboxylic acids is 3. The molecule has 0 aliphatic carbocycles. The molecule has 3 atom stereocenters. The van der Waals surface area contributed by atoms with Gasteiger partial charge >= 0.3 is 6.03 Å². The molecule has 1 aromatic carbocycles. The number of phenolic OH excluding ortho intramolecular Hbond substituents is 1. The Balaban J connectivity index is 1.36. The summed E-state index contributed by atoms with van der Waals surface area (Å²) in [6, 6.07) is 5.88. The van der Waals surface area contributed by atoms with Gasteiger partial charge in [-0.3, -0.25) is 9.59 Å². The quantitative estimate of drug-likeness (QED) is 0.714. The van der Waals surface area contributed by atoms with E-state index in [-0.39, 0.29) is 23.6 Å². The van der Waals surface area contributed by atoms with Crippen LogP contribution in [0.25, 0.3) is 0 Å². The van der Waals surface area contributed by atoms with Gasteiger partial charge in [0, 0.05) is 32.7 Å². The number of nitrogens with one attached hydrogen (secondary N) is 2. The first kappa shape index (κ1) is 18.6. The summed E-state index contributed by atoms with van der Waals surface area (Å²) in [4.78, 5) is 40.4. The van der Waals surface area contributed by atoms with Gasteiger partial charge in [-0.05, 0) is 43.2 Å². The maximum Gasteiger partial charge on any atom is 0.315 e. The molecule has 0 radical (unpaired) electrons. The second-order valence-electron chi connectivity index (χ2n) is 7.91. The van der Waals surface area contributed by atoms with Crippen LogP contribution in [0.1, 0.15) is 29.6 Å². The average molecular weight is 386 g/mol. The lowest BCUT2D eigenvalue weighted by molar-refractivity contribution is -0.131. The molecule has 150 valence electrons. The van der Waals surface area contributed by atoms with Gasteiger partial charge in [0.05, 0.1) is 5.56 Å². The molecular weight excluding hydrogens is 360 g/mol. The minimum Gasteiger partial charge on any atom is -0.507 e. The summed E-state index contributed by atoms with van der Waals surface area (Å²) in [5.74, 6) is 0.554. The van der Waals surface area contributed by atoms with Gasteiger partial charge in [-0.2, -0.15) is 0 Å². The van der Waals surface area contributed by atoms with Gasteiger partial charge in [-0.15, -0.1) is 0 Å². The lowest BCUT2D eigenvalue weighted by atomic mass is 9.84. The minimum atomic E-state index is -0.475. The second kappa shape index (κ2) is 7.69. The SMILES string of the molecule is O=C1NC[C@@H](C(=O)N2CCC(C3CCCN(C(=O)c4ccccc4O)C3)C2)N1. The first-order chi connectivity index (χ1) is 13.5. The van der Waals surface area contributed by atoms with Crippen LogP contribution in [0.4, 0.5) is 4.79 Å². The monoisotopic (exact) mass is 386 g/mol. The van der Waals surface area contributed by atoms with Crippen LogP contribution in [0, 0.1) is 11.8 Å². The van der Waals surface area contributed by atoms with Crippen LogP contribution in [-0.2, 0) is 4.79 Å². The normalized spacial score (nSPS) is 27.4. The summed E-state index contributed by atoms with van der Waals surface area (Å²) >= 11 is 0. The minimum absolute atomic E-state index is 0.0134. The van der Waals surface area contributed by atoms with Gasteiger partial charge in [0.25, 0.3) is 5.91 Å². The molecule has 4 rings (SSSR count). The Kier molecular flexibility index (Phi) is 5.11. The zero-order valence-electron chi connectivity index (χ0n) is 15.8. The lowest BCUT2D eigenvalue weighted by Crippen LogP contribution is -2.46. The fourth-order valence-corrected chi connectivity index (χ4v) is 4.60. The van der Waals surface area contributed by atoms with Crippen LogP contribution < -0.4 is 10.6 Å². The van der Waals surface area contributed by atoms with Crippen molar-refractivity contribution >= 4 is 17.8 Å². The van der Waals surface area contributed by atoms with Gasteiger partial charge in [0.1, 0.15) is 11.8 Å². The number of piperidine rings is 1. The Hall–Kier alpha value is -2.77. The number of likely N-dealkylation sites (tertiary alicyclic amines) is 2. The van der Waals surface area contributed by atoms with Crippen molar-refractivity contribution in [1.29, 1.82) is 0 Å². The standard InChI is InChI=1S/C20H26N4O4/c25-17-6-2-1-5-15(17)18(26)23-8-3-4-13(11-23)14-7-9-24(12-14)19(27)16-10-21-20(28)22-16/h1-2,5-6,13-14,16,25H,3-4,7-12H2,(H2,21,22,28)/t13?,14?,16-/m0/s1. The molecule has 2 unspecified atom stereocenters. The number of benzene rings is 1. The van der Waals surface area contributed by atoms with E-state index in [1.54, 1.807) is 18.2 Å². The number of nitrogens with zero attached hydrogens (tertiary/aromatic N) is 2. The number of carbonyl (C=O) groups is 3. The van der Waals surface area contributed by atoms with E-state index in [4.69, 9.17) is 0 Å². The molecular formula is C20H26N4O4. The number of aromatic hydroxyl groups is 1. The third-order valence-electron chi connectivity index (χ3n) is 6.15. The van der Waals surface area contributed by atoms with Crippen LogP contribution in [0.5, 0.6) is 5.75 Å². The third-order valence-corrected chi connectivity index (χ3v) is 6.15. The molecule has 4 amide bonds. The summed E-state index contributed by atoms with van der Waals surface area (Å²) in [5.41, 5.74) is 0.343. The molecule has 8 heteroatoms. The highest BCUT2D eigenvalue weighted by Crippen LogP contribution is 2.32. The largest absolute Gasteiger partial charge is 0.507 e. The fraction of sp³-hybridized carbons (Fsp3) is 0.550. The number of hydrogen-bond acceptors (Lipinski definition) is 4. The first-order valence-corrected chi connectivity index (χ1v) is 9.93. The highest BCUT2D eigenvalue weighted by molar-refractivity contribution is 5.96. The highest BCUT2D eigenvalue weighted by Gasteiger charge is 2.38. The molecule has 28 heavy (non-hydrogen) atoms. The van der Waals surface area contributed by atoms with Gasteiger partial charge in [-0.1, -0.05) is 12.1 Å². The molecule has 3 heterocycles. The van der Waals surface area contributed by atoms with Crippen molar-refractivity contribution in [3.63, 3.8) is 0 Å². The summed E-state index contributed by atoms with van der Waals surface area (Å²) in [6.07, 6.45) is 2.89. The van der Waals surface area contributed by atoms with E-state index in [2.05, 4.69) is 10.6 Å². The van der Waals surface area contributed by atoms with E-state index in [1.165, 1.54) is 6.07 Å². The summed E-state index contributed by atoms with van der Waals surface area (Å²) in [7, 11) is 0. The van der Waals surface area contributed by atoms with Crippen molar-refractivity contribution < 1.29 is 19.5 Å². The van der Waals surface area contributed by atoms with Gasteiger partial charge in [0.2, 0.25) is 5.91 Å². The summed E-state index contributed by atoms with van der Waals surface area (Å²) in [5, 5.41) is 15.3. The molecule has 1 aromatic rings. The molecule has 3 saturated heterocycles. The first-order valence-electron chi connectivity index (χ1n) is 9.93. The predicted octanol–water partition coefficient (Wildman–Crippen LogP) is 0.774. The molecule has 0 bridgehead atoms. The molecule has 0 aromatic heterocycles. The number of phenols is 1. The topological polar surface area (TPSA) is 102 Å². The van der Waals surface area contributed by atoms with Gasteiger partial charge in [0.15, 0.2) is 0 Å². The molecule has 0 saturated carbocycles. The van der Waals surface area contributed by atoms with Crippen molar-refractivity contribution in [3.05, 3.63) is 29.8 Å². The zero-order valence-corrected chi connectivity index (χ0v) is 15.8. The van der Waals surface area contributed by atoms with E-state index in [0.29, 0.717) is 50.1 Å². The van der Waals surface area contributed by atoms with Crippen molar-refractivity contribution in [3.8, 4) is 5.75 Å². The van der Waals surface area contributed by atoms with E-state index in [1.807, 2.05) is 9.80 Å². The maximum absolute atomic E-state index is 12.8. The number of urea groups is 1. The van der Waals surface area contributed by atoms with E-state index in [9.17, 15) is 19.5 Å². The van der Waals surface area contributed by atoms with Gasteiger partial charge in [-0.25, -0.2) is 4.79 Å². The second-order valence-corrected chi connectivity index (χ2v) is 7.91. The van der Waals surface area contributed by atoms with Crippen LogP contribution in [0.15, 0.2) is 24.3 Å². The summed E-state index contributed by atoms with van der Waals surface area (Å²) in [6.45, 7) is 3.06. The number of para-hydroxylation sites is 1. The fourth-order valence-electron chi connectivity index (χ4n) is 4.60. The van der Waals surface area contributed by atoms with Gasteiger partial charge < -0.3 is 25.5 Å². The lowest BCUT2D eigenvalue weighted by Gasteiger charge is -2.36. The van der Waals surface area contributed by atoms with Crippen LogP contribution in [-0.4, -0.2) is 71.5 Å². The van der Waals surface area contributed by atoms with E-state index in [0.717, 1.165) is 19.3 Å². The number of hydrogen-bond donors (Lipinski definition) is 3. The Morgan fingerprint density at radius 3 is 2.54 bits per heavy atom. The van der Waals surface area contributed by atoms with Crippen LogP contribution in [0.3, 0.4) is 0 Å². The van der Waals surface area contributed by atoms with Crippen molar-refractivity contribution in [2.75, 3.05) is 32.7 Å². The Labute approximate surface area is 163 Å². The Bertz CT molecular complexity index is 783. The molecule has 0 spiro atoms. The van der Waals surface area contributed by atoms with Crippen molar-refractivity contribution in [2.45, 2.75) is 25.3 Å². The predicted molar refractivity (Wildman–Crippen MR) is 102 cm³/mol. The maximum atomic E-state index is 12.8.